The van der Waals surface area contributed by atoms with Gasteiger partial charge < -0.3 is 24.8 Å². The molecule has 1 aliphatic heterocycles. The molecule has 8 heteroatoms. The molecule has 0 saturated heterocycles. The summed E-state index contributed by atoms with van der Waals surface area (Å²) in [5.74, 6) is -2.08. The number of ether oxygens (including phenoxy) is 3. The average Bonchev–Trinajstić information content (AvgIpc) is 2.83. The molecule has 0 spiro atoms. The molecule has 37 heavy (non-hydrogen) atoms. The van der Waals surface area contributed by atoms with Gasteiger partial charge in [-0.3, -0.25) is 4.79 Å². The zero-order valence-electron chi connectivity index (χ0n) is 22.1. The van der Waals surface area contributed by atoms with E-state index in [9.17, 15) is 14.4 Å². The number of anilines is 1. The third kappa shape index (κ3) is 7.07. The maximum atomic E-state index is 13.7. The van der Waals surface area contributed by atoms with Crippen molar-refractivity contribution in [3.63, 3.8) is 0 Å². The minimum Gasteiger partial charge on any atom is -0.460 e. The molecular formula is C29H34N2O6. The van der Waals surface area contributed by atoms with Gasteiger partial charge in [0.05, 0.1) is 23.7 Å². The lowest BCUT2D eigenvalue weighted by molar-refractivity contribution is -0.140. The molecular weight excluding hydrogens is 472 g/mol. The van der Waals surface area contributed by atoms with Crippen molar-refractivity contribution in [2.24, 2.45) is 0 Å². The Bertz CT molecular complexity index is 1220. The lowest BCUT2D eigenvalue weighted by Crippen LogP contribution is -2.34. The zero-order valence-corrected chi connectivity index (χ0v) is 22.1. The van der Waals surface area contributed by atoms with Crippen molar-refractivity contribution >= 4 is 23.5 Å². The van der Waals surface area contributed by atoms with Crippen LogP contribution in [0.15, 0.2) is 77.1 Å². The van der Waals surface area contributed by atoms with E-state index < -0.39 is 29.4 Å². The van der Waals surface area contributed by atoms with Gasteiger partial charge >= 0.3 is 11.9 Å². The van der Waals surface area contributed by atoms with E-state index in [-0.39, 0.29) is 13.2 Å². The van der Waals surface area contributed by atoms with E-state index in [0.717, 1.165) is 5.56 Å². The molecule has 2 aromatic carbocycles. The Labute approximate surface area is 217 Å². The SMILES string of the molecule is COCCOC(=O)C1=C(C)NC(C)=C(C(=O)Nc2cccc(C(=O)OC(C)(C)C)c2)C1c1ccccc1. The third-order valence-electron chi connectivity index (χ3n) is 5.63. The van der Waals surface area contributed by atoms with Crippen LogP contribution in [-0.2, 0) is 23.8 Å². The smallest absolute Gasteiger partial charge is 0.338 e. The number of dihydropyridines is 1. The van der Waals surface area contributed by atoms with Crippen molar-refractivity contribution in [2.45, 2.75) is 46.1 Å². The molecule has 1 amide bonds. The van der Waals surface area contributed by atoms with E-state index in [1.165, 1.54) is 7.11 Å². The first-order valence-electron chi connectivity index (χ1n) is 12.1. The summed E-state index contributed by atoms with van der Waals surface area (Å²) in [7, 11) is 1.53. The van der Waals surface area contributed by atoms with E-state index in [1.54, 1.807) is 58.9 Å². The van der Waals surface area contributed by atoms with Gasteiger partial charge in [-0.2, -0.15) is 0 Å². The predicted molar refractivity (Wildman–Crippen MR) is 141 cm³/mol. The molecule has 1 aliphatic rings. The summed E-state index contributed by atoms with van der Waals surface area (Å²) in [6.45, 7) is 9.30. The van der Waals surface area contributed by atoms with Gasteiger partial charge in [0.25, 0.3) is 5.91 Å². The van der Waals surface area contributed by atoms with Gasteiger partial charge in [-0.1, -0.05) is 36.4 Å². The number of amides is 1. The number of allylic oxidation sites excluding steroid dienone is 2. The zero-order chi connectivity index (χ0) is 27.2. The van der Waals surface area contributed by atoms with E-state index in [0.29, 0.717) is 33.8 Å². The fraction of sp³-hybridized carbons (Fsp3) is 0.345. The van der Waals surface area contributed by atoms with Crippen LogP contribution in [0, 0.1) is 0 Å². The standard InChI is InChI=1S/C29H34N2O6/c1-18-23(26(32)31-22-14-10-13-21(17-22)27(33)37-29(3,4)5)25(20-11-8-7-9-12-20)24(19(2)30-18)28(34)36-16-15-35-6/h7-14,17,25,30H,15-16H2,1-6H3,(H,31,32). The molecule has 0 aliphatic carbocycles. The molecule has 1 atom stereocenters. The molecule has 3 rings (SSSR count). The van der Waals surface area contributed by atoms with Crippen LogP contribution in [0.25, 0.3) is 0 Å². The number of carbonyl (C=O) groups excluding carboxylic acids is 3. The summed E-state index contributed by atoms with van der Waals surface area (Å²) < 4.78 is 15.9. The van der Waals surface area contributed by atoms with Crippen LogP contribution in [0.2, 0.25) is 0 Å². The third-order valence-corrected chi connectivity index (χ3v) is 5.63. The highest BCUT2D eigenvalue weighted by Gasteiger charge is 2.37. The van der Waals surface area contributed by atoms with Crippen molar-refractivity contribution in [3.8, 4) is 0 Å². The molecule has 0 fully saturated rings. The topological polar surface area (TPSA) is 103 Å². The van der Waals surface area contributed by atoms with Crippen LogP contribution in [0.5, 0.6) is 0 Å². The largest absolute Gasteiger partial charge is 0.460 e. The van der Waals surface area contributed by atoms with Gasteiger partial charge in [0.2, 0.25) is 0 Å². The fourth-order valence-corrected chi connectivity index (χ4v) is 4.10. The number of esters is 2. The number of benzene rings is 2. The van der Waals surface area contributed by atoms with Crippen molar-refractivity contribution in [2.75, 3.05) is 25.6 Å². The number of hydrogen-bond acceptors (Lipinski definition) is 7. The van der Waals surface area contributed by atoms with Gasteiger partial charge in [-0.25, -0.2) is 9.59 Å². The Morgan fingerprint density at radius 1 is 0.892 bits per heavy atom. The fourth-order valence-electron chi connectivity index (χ4n) is 4.10. The van der Waals surface area contributed by atoms with Crippen molar-refractivity contribution < 1.29 is 28.6 Å². The van der Waals surface area contributed by atoms with E-state index in [4.69, 9.17) is 14.2 Å². The molecule has 0 radical (unpaired) electrons. The highest BCUT2D eigenvalue weighted by Crippen LogP contribution is 2.39. The quantitative estimate of drug-likeness (QED) is 0.395. The monoisotopic (exact) mass is 506 g/mol. The highest BCUT2D eigenvalue weighted by atomic mass is 16.6. The summed E-state index contributed by atoms with van der Waals surface area (Å²) in [5.41, 5.74) is 2.81. The van der Waals surface area contributed by atoms with Gasteiger partial charge in [-0.05, 0) is 58.4 Å². The molecule has 8 nitrogen and oxygen atoms in total. The Morgan fingerprint density at radius 3 is 2.22 bits per heavy atom. The van der Waals surface area contributed by atoms with Crippen LogP contribution in [0.3, 0.4) is 0 Å². The van der Waals surface area contributed by atoms with Gasteiger partial charge in [0.15, 0.2) is 0 Å². The second-order valence-corrected chi connectivity index (χ2v) is 9.71. The summed E-state index contributed by atoms with van der Waals surface area (Å²) in [4.78, 5) is 39.4. The molecule has 0 saturated carbocycles. The summed E-state index contributed by atoms with van der Waals surface area (Å²) in [6, 6.07) is 15.9. The Morgan fingerprint density at radius 2 is 1.57 bits per heavy atom. The van der Waals surface area contributed by atoms with E-state index >= 15 is 0 Å². The molecule has 0 bridgehead atoms. The highest BCUT2D eigenvalue weighted by molar-refractivity contribution is 6.08. The second kappa shape index (κ2) is 11.9. The van der Waals surface area contributed by atoms with Gasteiger partial charge in [0.1, 0.15) is 12.2 Å². The molecule has 0 aromatic heterocycles. The minimum absolute atomic E-state index is 0.0926. The molecule has 196 valence electrons. The number of rotatable bonds is 8. The lowest BCUT2D eigenvalue weighted by atomic mass is 9.80. The van der Waals surface area contributed by atoms with E-state index in [2.05, 4.69) is 10.6 Å². The minimum atomic E-state index is -0.661. The lowest BCUT2D eigenvalue weighted by Gasteiger charge is -2.31. The first kappa shape index (κ1) is 27.7. The average molecular weight is 507 g/mol. The molecule has 2 aromatic rings. The normalized spacial score (nSPS) is 15.7. The van der Waals surface area contributed by atoms with Crippen LogP contribution < -0.4 is 10.6 Å². The Hall–Kier alpha value is -3.91. The number of carbonyl (C=O) groups is 3. The predicted octanol–water partition coefficient (Wildman–Crippen LogP) is 4.71. The Kier molecular flexibility index (Phi) is 8.89. The van der Waals surface area contributed by atoms with Crippen LogP contribution >= 0.6 is 0 Å². The van der Waals surface area contributed by atoms with Crippen molar-refractivity contribution in [1.82, 2.24) is 5.32 Å². The maximum Gasteiger partial charge on any atom is 0.338 e. The van der Waals surface area contributed by atoms with E-state index in [1.807, 2.05) is 30.3 Å². The molecule has 1 unspecified atom stereocenters. The molecule has 1 heterocycles. The summed E-state index contributed by atoms with van der Waals surface area (Å²) in [6.07, 6.45) is 0. The Balaban J connectivity index is 1.95. The van der Waals surface area contributed by atoms with Crippen molar-refractivity contribution in [3.05, 3.63) is 88.3 Å². The summed E-state index contributed by atoms with van der Waals surface area (Å²) >= 11 is 0. The van der Waals surface area contributed by atoms with Gasteiger partial charge in [-0.15, -0.1) is 0 Å². The summed E-state index contributed by atoms with van der Waals surface area (Å²) in [5, 5.41) is 6.05. The van der Waals surface area contributed by atoms with Gasteiger partial charge in [0, 0.05) is 29.8 Å². The second-order valence-electron chi connectivity index (χ2n) is 9.71. The first-order chi connectivity index (χ1) is 17.5. The molecule has 2 N–H and O–H groups in total. The van der Waals surface area contributed by atoms with Crippen LogP contribution in [0.1, 0.15) is 56.5 Å². The van der Waals surface area contributed by atoms with Crippen molar-refractivity contribution in [1.29, 1.82) is 0 Å². The number of nitrogens with one attached hydrogen (secondary N) is 2. The van der Waals surface area contributed by atoms with Crippen LogP contribution in [-0.4, -0.2) is 43.8 Å². The number of hydrogen-bond donors (Lipinski definition) is 2. The maximum absolute atomic E-state index is 13.7. The number of methoxy groups -OCH3 is 1. The van der Waals surface area contributed by atoms with Crippen LogP contribution in [0.4, 0.5) is 5.69 Å². The first-order valence-corrected chi connectivity index (χ1v) is 12.1.